The normalized spacial score (nSPS) is 20.5. The number of nitrogens with one attached hydrogen (secondary N) is 1. The molecular formula is C12H16F3NO. The number of furan rings is 1. The van der Waals surface area contributed by atoms with Gasteiger partial charge in [-0.2, -0.15) is 13.2 Å². The predicted molar refractivity (Wildman–Crippen MR) is 57.7 cm³/mol. The lowest BCUT2D eigenvalue weighted by molar-refractivity contribution is -0.153. The van der Waals surface area contributed by atoms with Gasteiger partial charge in [-0.05, 0) is 44.0 Å². The van der Waals surface area contributed by atoms with E-state index in [0.717, 1.165) is 32.0 Å². The van der Waals surface area contributed by atoms with Crippen molar-refractivity contribution in [1.82, 2.24) is 5.32 Å². The highest BCUT2D eigenvalue weighted by atomic mass is 19.4. The van der Waals surface area contributed by atoms with Crippen molar-refractivity contribution >= 4 is 0 Å². The molecule has 2 rings (SSSR count). The maximum absolute atomic E-state index is 12.4. The third kappa shape index (κ3) is 2.83. The Labute approximate surface area is 98.2 Å². The van der Waals surface area contributed by atoms with Crippen LogP contribution in [0.5, 0.6) is 0 Å². The lowest BCUT2D eigenvalue weighted by atomic mass is 9.85. The molecule has 17 heavy (non-hydrogen) atoms. The second-order valence-corrected chi connectivity index (χ2v) is 4.58. The van der Waals surface area contributed by atoms with Crippen LogP contribution in [0.25, 0.3) is 0 Å². The van der Waals surface area contributed by atoms with E-state index in [4.69, 9.17) is 4.42 Å². The topological polar surface area (TPSA) is 25.2 Å². The Balaban J connectivity index is 2.08. The average molecular weight is 247 g/mol. The molecule has 96 valence electrons. The molecule has 1 saturated heterocycles. The third-order valence-electron chi connectivity index (χ3n) is 3.45. The first kappa shape index (κ1) is 12.5. The SMILES string of the molecule is CC(c1ccc(C(F)(F)F)o1)C1CCNCC1. The van der Waals surface area contributed by atoms with Crippen LogP contribution >= 0.6 is 0 Å². The van der Waals surface area contributed by atoms with Crippen molar-refractivity contribution in [2.75, 3.05) is 13.1 Å². The molecule has 0 amide bonds. The van der Waals surface area contributed by atoms with Gasteiger partial charge >= 0.3 is 6.18 Å². The van der Waals surface area contributed by atoms with Crippen LogP contribution in [0.15, 0.2) is 16.5 Å². The first-order valence-electron chi connectivity index (χ1n) is 5.86. The van der Waals surface area contributed by atoms with Crippen LogP contribution in [0, 0.1) is 5.92 Å². The van der Waals surface area contributed by atoms with E-state index < -0.39 is 11.9 Å². The minimum absolute atomic E-state index is 0.0493. The van der Waals surface area contributed by atoms with Gasteiger partial charge in [-0.15, -0.1) is 0 Å². The molecule has 0 radical (unpaired) electrons. The minimum Gasteiger partial charge on any atom is -0.456 e. The van der Waals surface area contributed by atoms with Crippen LogP contribution in [0.3, 0.4) is 0 Å². The molecule has 0 aromatic carbocycles. The van der Waals surface area contributed by atoms with Crippen LogP contribution in [0.2, 0.25) is 0 Å². The molecule has 2 nitrogen and oxygen atoms in total. The fourth-order valence-electron chi connectivity index (χ4n) is 2.33. The van der Waals surface area contributed by atoms with E-state index in [1.807, 2.05) is 6.92 Å². The Bertz CT molecular complexity index is 366. The summed E-state index contributed by atoms with van der Waals surface area (Å²) < 4.78 is 42.1. The van der Waals surface area contributed by atoms with Crippen molar-refractivity contribution in [3.8, 4) is 0 Å². The monoisotopic (exact) mass is 247 g/mol. The van der Waals surface area contributed by atoms with Crippen LogP contribution in [-0.4, -0.2) is 13.1 Å². The van der Waals surface area contributed by atoms with Gasteiger partial charge in [0.15, 0.2) is 0 Å². The summed E-state index contributed by atoms with van der Waals surface area (Å²) in [6, 6.07) is 2.47. The van der Waals surface area contributed by atoms with Gasteiger partial charge in [-0.3, -0.25) is 0 Å². The van der Waals surface area contributed by atoms with Crippen molar-refractivity contribution in [1.29, 1.82) is 0 Å². The first-order valence-corrected chi connectivity index (χ1v) is 5.86. The molecule has 1 atom stereocenters. The number of piperidine rings is 1. The molecular weight excluding hydrogens is 231 g/mol. The Morgan fingerprint density at radius 2 is 1.94 bits per heavy atom. The highest BCUT2D eigenvalue weighted by Crippen LogP contribution is 2.36. The molecule has 5 heteroatoms. The quantitative estimate of drug-likeness (QED) is 0.866. The Hall–Kier alpha value is -0.970. The fourth-order valence-corrected chi connectivity index (χ4v) is 2.33. The smallest absolute Gasteiger partial charge is 0.449 e. The molecule has 1 unspecified atom stereocenters. The zero-order valence-corrected chi connectivity index (χ0v) is 9.68. The zero-order chi connectivity index (χ0) is 12.5. The Morgan fingerprint density at radius 3 is 2.47 bits per heavy atom. The molecule has 0 bridgehead atoms. The minimum atomic E-state index is -4.38. The van der Waals surface area contributed by atoms with Crippen molar-refractivity contribution < 1.29 is 17.6 Å². The summed E-state index contributed by atoms with van der Waals surface area (Å²) in [6.07, 6.45) is -2.40. The number of hydrogen-bond acceptors (Lipinski definition) is 2. The Morgan fingerprint density at radius 1 is 1.29 bits per heavy atom. The summed E-state index contributed by atoms with van der Waals surface area (Å²) in [6.45, 7) is 3.80. The van der Waals surface area contributed by atoms with E-state index in [1.54, 1.807) is 0 Å². The van der Waals surface area contributed by atoms with E-state index in [-0.39, 0.29) is 5.92 Å². The van der Waals surface area contributed by atoms with Crippen molar-refractivity contribution in [3.05, 3.63) is 23.7 Å². The molecule has 0 aliphatic carbocycles. The van der Waals surface area contributed by atoms with Gasteiger partial charge in [-0.25, -0.2) is 0 Å². The molecule has 1 N–H and O–H groups in total. The fraction of sp³-hybridized carbons (Fsp3) is 0.667. The van der Waals surface area contributed by atoms with Crippen molar-refractivity contribution in [3.63, 3.8) is 0 Å². The second kappa shape index (κ2) is 4.72. The molecule has 0 saturated carbocycles. The summed E-state index contributed by atoms with van der Waals surface area (Å²) in [5.74, 6) is 0.00851. The number of alkyl halides is 3. The molecule has 0 spiro atoms. The van der Waals surface area contributed by atoms with Crippen molar-refractivity contribution in [2.45, 2.75) is 31.9 Å². The van der Waals surface area contributed by atoms with E-state index in [9.17, 15) is 13.2 Å². The van der Waals surface area contributed by atoms with Gasteiger partial charge in [0.25, 0.3) is 0 Å². The number of halogens is 3. The van der Waals surface area contributed by atoms with Crippen LogP contribution < -0.4 is 5.32 Å². The Kier molecular flexibility index (Phi) is 3.47. The van der Waals surface area contributed by atoms with E-state index in [2.05, 4.69) is 5.32 Å². The standard InChI is InChI=1S/C12H16F3NO/c1-8(9-4-6-16-7-5-9)10-2-3-11(17-10)12(13,14)15/h2-3,8-9,16H,4-7H2,1H3. The molecule has 1 aliphatic heterocycles. The second-order valence-electron chi connectivity index (χ2n) is 4.58. The van der Waals surface area contributed by atoms with Gasteiger partial charge in [0.1, 0.15) is 5.76 Å². The van der Waals surface area contributed by atoms with E-state index in [0.29, 0.717) is 11.7 Å². The van der Waals surface area contributed by atoms with Gasteiger partial charge in [-0.1, -0.05) is 6.92 Å². The lowest BCUT2D eigenvalue weighted by Crippen LogP contribution is -2.30. The third-order valence-corrected chi connectivity index (χ3v) is 3.45. The maximum atomic E-state index is 12.4. The lowest BCUT2D eigenvalue weighted by Gasteiger charge is -2.26. The van der Waals surface area contributed by atoms with E-state index in [1.165, 1.54) is 6.07 Å². The maximum Gasteiger partial charge on any atom is 0.449 e. The van der Waals surface area contributed by atoms with Crippen LogP contribution in [0.4, 0.5) is 13.2 Å². The van der Waals surface area contributed by atoms with Gasteiger partial charge in [0.2, 0.25) is 5.76 Å². The molecule has 2 heterocycles. The van der Waals surface area contributed by atoms with Crippen LogP contribution in [0.1, 0.15) is 37.2 Å². The van der Waals surface area contributed by atoms with Gasteiger partial charge in [0, 0.05) is 5.92 Å². The van der Waals surface area contributed by atoms with Crippen LogP contribution in [-0.2, 0) is 6.18 Å². The summed E-state index contributed by atoms with van der Waals surface area (Å²) in [5, 5.41) is 3.24. The average Bonchev–Trinajstić information content (AvgIpc) is 2.78. The number of rotatable bonds is 2. The van der Waals surface area contributed by atoms with E-state index >= 15 is 0 Å². The predicted octanol–water partition coefficient (Wildman–Crippen LogP) is 3.40. The number of hydrogen-bond donors (Lipinski definition) is 1. The summed E-state index contributed by atoms with van der Waals surface area (Å²) >= 11 is 0. The highest BCUT2D eigenvalue weighted by molar-refractivity contribution is 5.13. The first-order chi connectivity index (χ1) is 7.98. The zero-order valence-electron chi connectivity index (χ0n) is 9.68. The van der Waals surface area contributed by atoms with Crippen molar-refractivity contribution in [2.24, 2.45) is 5.92 Å². The molecule has 1 aromatic rings. The highest BCUT2D eigenvalue weighted by Gasteiger charge is 2.35. The summed E-state index contributed by atoms with van der Waals surface area (Å²) in [7, 11) is 0. The summed E-state index contributed by atoms with van der Waals surface area (Å²) in [5.41, 5.74) is 0. The molecule has 1 fully saturated rings. The largest absolute Gasteiger partial charge is 0.456 e. The van der Waals surface area contributed by atoms with Gasteiger partial charge < -0.3 is 9.73 Å². The summed E-state index contributed by atoms with van der Waals surface area (Å²) in [4.78, 5) is 0. The molecule has 1 aliphatic rings. The van der Waals surface area contributed by atoms with Gasteiger partial charge in [0.05, 0.1) is 0 Å². The molecule has 1 aromatic heterocycles.